The molecule has 1 fully saturated rings. The van der Waals surface area contributed by atoms with Crippen LogP contribution in [0.2, 0.25) is 0 Å². The van der Waals surface area contributed by atoms with Gasteiger partial charge in [-0.15, -0.1) is 11.8 Å². The maximum Gasteiger partial charge on any atom is 0.222 e. The number of ketones is 1. The van der Waals surface area contributed by atoms with Gasteiger partial charge in [0.2, 0.25) is 5.91 Å². The Morgan fingerprint density at radius 1 is 1.15 bits per heavy atom. The Bertz CT molecular complexity index is 470. The van der Waals surface area contributed by atoms with Crippen molar-refractivity contribution in [2.45, 2.75) is 37.0 Å². The SMILES string of the molecule is CSc1ccc(C(=O)CN2CCCCCCC2=O)cc1. The van der Waals surface area contributed by atoms with Crippen molar-refractivity contribution in [2.75, 3.05) is 19.3 Å². The monoisotopic (exact) mass is 291 g/mol. The number of Topliss-reactive ketones (excluding diaryl/α,β-unsaturated/α-hetero) is 1. The molecule has 0 radical (unpaired) electrons. The normalized spacial score (nSPS) is 16.6. The molecule has 0 bridgehead atoms. The van der Waals surface area contributed by atoms with Crippen LogP contribution >= 0.6 is 11.8 Å². The summed E-state index contributed by atoms with van der Waals surface area (Å²) in [5.74, 6) is 0.158. The van der Waals surface area contributed by atoms with Gasteiger partial charge in [0.05, 0.1) is 6.54 Å². The molecule has 0 spiro atoms. The molecule has 0 atom stereocenters. The van der Waals surface area contributed by atoms with Crippen LogP contribution in [0.4, 0.5) is 0 Å². The summed E-state index contributed by atoms with van der Waals surface area (Å²) in [6.45, 7) is 0.935. The zero-order valence-electron chi connectivity index (χ0n) is 11.9. The second kappa shape index (κ2) is 7.48. The molecule has 108 valence electrons. The van der Waals surface area contributed by atoms with E-state index in [0.29, 0.717) is 18.5 Å². The number of likely N-dealkylation sites (tertiary alicyclic amines) is 1. The summed E-state index contributed by atoms with van der Waals surface area (Å²) >= 11 is 1.65. The first kappa shape index (κ1) is 15.1. The molecule has 1 aromatic carbocycles. The molecule has 1 saturated heterocycles. The number of carbonyl (C=O) groups excluding carboxylic acids is 2. The van der Waals surface area contributed by atoms with Gasteiger partial charge in [-0.2, -0.15) is 0 Å². The lowest BCUT2D eigenvalue weighted by Gasteiger charge is -2.24. The van der Waals surface area contributed by atoms with Crippen LogP contribution < -0.4 is 0 Å². The highest BCUT2D eigenvalue weighted by atomic mass is 32.2. The van der Waals surface area contributed by atoms with Crippen molar-refractivity contribution in [1.82, 2.24) is 4.90 Å². The van der Waals surface area contributed by atoms with Crippen molar-refractivity contribution in [3.63, 3.8) is 0 Å². The third kappa shape index (κ3) is 4.10. The van der Waals surface area contributed by atoms with Gasteiger partial charge in [-0.3, -0.25) is 9.59 Å². The Morgan fingerprint density at radius 3 is 2.55 bits per heavy atom. The molecule has 0 aliphatic carbocycles. The lowest BCUT2D eigenvalue weighted by Crippen LogP contribution is -2.37. The third-order valence-electron chi connectivity index (χ3n) is 3.67. The number of nitrogens with zero attached hydrogens (tertiary/aromatic N) is 1. The van der Waals surface area contributed by atoms with E-state index in [-0.39, 0.29) is 18.2 Å². The van der Waals surface area contributed by atoms with Crippen LogP contribution in [0.25, 0.3) is 0 Å². The molecule has 0 saturated carbocycles. The highest BCUT2D eigenvalue weighted by Crippen LogP contribution is 2.16. The van der Waals surface area contributed by atoms with Crippen molar-refractivity contribution in [2.24, 2.45) is 0 Å². The number of thioether (sulfide) groups is 1. The number of hydrogen-bond acceptors (Lipinski definition) is 3. The van der Waals surface area contributed by atoms with Crippen LogP contribution in [-0.4, -0.2) is 35.9 Å². The van der Waals surface area contributed by atoms with Crippen LogP contribution in [0, 0.1) is 0 Å². The van der Waals surface area contributed by atoms with E-state index in [1.807, 2.05) is 30.5 Å². The number of benzene rings is 1. The average Bonchev–Trinajstić information content (AvgIpc) is 2.47. The average molecular weight is 291 g/mol. The largest absolute Gasteiger partial charge is 0.335 e. The number of amides is 1. The molecule has 0 aromatic heterocycles. The van der Waals surface area contributed by atoms with Crippen LogP contribution in [0.3, 0.4) is 0 Å². The maximum absolute atomic E-state index is 12.3. The van der Waals surface area contributed by atoms with Crippen LogP contribution in [0.15, 0.2) is 29.2 Å². The minimum absolute atomic E-state index is 0.0339. The minimum atomic E-state index is 0.0339. The fourth-order valence-electron chi connectivity index (χ4n) is 2.42. The predicted octanol–water partition coefficient (Wildman–Crippen LogP) is 3.38. The topological polar surface area (TPSA) is 37.4 Å². The summed E-state index contributed by atoms with van der Waals surface area (Å²) in [7, 11) is 0. The van der Waals surface area contributed by atoms with Gasteiger partial charge in [0.15, 0.2) is 5.78 Å². The number of carbonyl (C=O) groups is 2. The van der Waals surface area contributed by atoms with Crippen molar-refractivity contribution < 1.29 is 9.59 Å². The predicted molar refractivity (Wildman–Crippen MR) is 82.2 cm³/mol. The summed E-state index contributed by atoms with van der Waals surface area (Å²) in [6.07, 6.45) is 6.83. The zero-order valence-corrected chi connectivity index (χ0v) is 12.7. The Labute approximate surface area is 124 Å². The highest BCUT2D eigenvalue weighted by molar-refractivity contribution is 7.98. The molecule has 3 nitrogen and oxygen atoms in total. The quantitative estimate of drug-likeness (QED) is 0.630. The fraction of sp³-hybridized carbons (Fsp3) is 0.500. The van der Waals surface area contributed by atoms with Gasteiger partial charge in [0, 0.05) is 23.4 Å². The molecule has 20 heavy (non-hydrogen) atoms. The fourth-order valence-corrected chi connectivity index (χ4v) is 2.83. The molecule has 1 aliphatic heterocycles. The standard InChI is InChI=1S/C16H21NO2S/c1-20-14-9-7-13(8-10-14)15(18)12-17-11-5-3-2-4-6-16(17)19/h7-10H,2-6,11-12H2,1H3. The Hall–Kier alpha value is -1.29. The van der Waals surface area contributed by atoms with Gasteiger partial charge in [-0.1, -0.05) is 25.0 Å². The second-order valence-electron chi connectivity index (χ2n) is 5.13. The molecule has 4 heteroatoms. The summed E-state index contributed by atoms with van der Waals surface area (Å²) in [5.41, 5.74) is 0.692. The summed E-state index contributed by atoms with van der Waals surface area (Å²) in [6, 6.07) is 7.60. The van der Waals surface area contributed by atoms with Crippen LogP contribution in [0.5, 0.6) is 0 Å². The molecule has 1 amide bonds. The van der Waals surface area contributed by atoms with E-state index in [4.69, 9.17) is 0 Å². The van der Waals surface area contributed by atoms with Crippen LogP contribution in [-0.2, 0) is 4.79 Å². The molecule has 1 heterocycles. The Morgan fingerprint density at radius 2 is 1.85 bits per heavy atom. The van der Waals surface area contributed by atoms with E-state index in [1.165, 1.54) is 0 Å². The van der Waals surface area contributed by atoms with Crippen molar-refractivity contribution in [3.05, 3.63) is 29.8 Å². The summed E-state index contributed by atoms with van der Waals surface area (Å²) in [5, 5.41) is 0. The maximum atomic E-state index is 12.3. The van der Waals surface area contributed by atoms with Gasteiger partial charge in [-0.05, 0) is 31.2 Å². The number of hydrogen-bond donors (Lipinski definition) is 0. The van der Waals surface area contributed by atoms with Gasteiger partial charge in [-0.25, -0.2) is 0 Å². The summed E-state index contributed by atoms with van der Waals surface area (Å²) in [4.78, 5) is 27.1. The molecule has 1 aromatic rings. The molecule has 2 rings (SSSR count). The zero-order chi connectivity index (χ0) is 14.4. The first-order valence-corrected chi connectivity index (χ1v) is 8.38. The number of rotatable bonds is 4. The molecule has 0 unspecified atom stereocenters. The Balaban J connectivity index is 1.99. The van der Waals surface area contributed by atoms with E-state index in [9.17, 15) is 9.59 Å². The van der Waals surface area contributed by atoms with Gasteiger partial charge in [0.1, 0.15) is 0 Å². The van der Waals surface area contributed by atoms with Crippen molar-refractivity contribution >= 4 is 23.5 Å². The van der Waals surface area contributed by atoms with Gasteiger partial charge < -0.3 is 4.90 Å². The van der Waals surface area contributed by atoms with Crippen molar-refractivity contribution in [1.29, 1.82) is 0 Å². The second-order valence-corrected chi connectivity index (χ2v) is 6.01. The lowest BCUT2D eigenvalue weighted by molar-refractivity contribution is -0.131. The molecule has 0 N–H and O–H groups in total. The Kier molecular flexibility index (Phi) is 5.65. The third-order valence-corrected chi connectivity index (χ3v) is 4.41. The summed E-state index contributed by atoms with van der Waals surface area (Å²) < 4.78 is 0. The lowest BCUT2D eigenvalue weighted by atomic mass is 10.1. The van der Waals surface area contributed by atoms with E-state index in [0.717, 1.165) is 30.6 Å². The molecule has 1 aliphatic rings. The van der Waals surface area contributed by atoms with E-state index in [1.54, 1.807) is 16.7 Å². The van der Waals surface area contributed by atoms with Crippen molar-refractivity contribution in [3.8, 4) is 0 Å². The smallest absolute Gasteiger partial charge is 0.222 e. The highest BCUT2D eigenvalue weighted by Gasteiger charge is 2.19. The van der Waals surface area contributed by atoms with Gasteiger partial charge in [0.25, 0.3) is 0 Å². The van der Waals surface area contributed by atoms with Crippen LogP contribution in [0.1, 0.15) is 42.5 Å². The first-order chi connectivity index (χ1) is 9.70. The molecular weight excluding hydrogens is 270 g/mol. The van der Waals surface area contributed by atoms with E-state index >= 15 is 0 Å². The van der Waals surface area contributed by atoms with E-state index < -0.39 is 0 Å². The van der Waals surface area contributed by atoms with E-state index in [2.05, 4.69) is 0 Å². The first-order valence-electron chi connectivity index (χ1n) is 7.16. The van der Waals surface area contributed by atoms with Gasteiger partial charge >= 0.3 is 0 Å². The molecular formula is C16H21NO2S. The minimum Gasteiger partial charge on any atom is -0.335 e.